The summed E-state index contributed by atoms with van der Waals surface area (Å²) >= 11 is 1.65. The Morgan fingerprint density at radius 1 is 1.12 bits per heavy atom. The van der Waals surface area contributed by atoms with Gasteiger partial charge in [0.05, 0.1) is 6.04 Å². The van der Waals surface area contributed by atoms with Crippen LogP contribution >= 0.6 is 11.3 Å². The predicted octanol–water partition coefficient (Wildman–Crippen LogP) is 3.54. The van der Waals surface area contributed by atoms with E-state index in [4.69, 9.17) is 10.2 Å². The van der Waals surface area contributed by atoms with E-state index in [9.17, 15) is 0 Å². The first-order valence-electron chi connectivity index (χ1n) is 5.12. The third kappa shape index (κ3) is 1.54. The first kappa shape index (κ1) is 9.63. The van der Waals surface area contributed by atoms with Gasteiger partial charge in [0, 0.05) is 10.3 Å². The highest BCUT2D eigenvalue weighted by Gasteiger charge is 2.14. The highest BCUT2D eigenvalue weighted by Crippen LogP contribution is 2.28. The molecule has 3 rings (SSSR count). The van der Waals surface area contributed by atoms with Crippen LogP contribution in [0.3, 0.4) is 0 Å². The fraction of sp³-hybridized carbons (Fsp3) is 0.0769. The molecule has 1 unspecified atom stereocenters. The molecule has 0 aliphatic heterocycles. The maximum absolute atomic E-state index is 6.14. The fourth-order valence-corrected chi connectivity index (χ4v) is 2.50. The summed E-state index contributed by atoms with van der Waals surface area (Å²) in [5.41, 5.74) is 7.03. The van der Waals surface area contributed by atoms with Crippen LogP contribution in [0.2, 0.25) is 0 Å². The van der Waals surface area contributed by atoms with E-state index in [2.05, 4.69) is 0 Å². The molecule has 16 heavy (non-hydrogen) atoms. The number of para-hydroxylation sites is 1. The number of benzene rings is 1. The van der Waals surface area contributed by atoms with Gasteiger partial charge in [0.25, 0.3) is 0 Å². The lowest BCUT2D eigenvalue weighted by Gasteiger charge is -2.04. The Morgan fingerprint density at radius 3 is 2.75 bits per heavy atom. The van der Waals surface area contributed by atoms with E-state index in [1.54, 1.807) is 11.3 Å². The molecule has 0 radical (unpaired) electrons. The number of furan rings is 1. The van der Waals surface area contributed by atoms with E-state index >= 15 is 0 Å². The lowest BCUT2D eigenvalue weighted by molar-refractivity contribution is 0.528. The minimum Gasteiger partial charge on any atom is -0.459 e. The summed E-state index contributed by atoms with van der Waals surface area (Å²) in [6, 6.07) is 13.8. The number of rotatable bonds is 2. The van der Waals surface area contributed by atoms with Gasteiger partial charge in [-0.1, -0.05) is 24.3 Å². The summed E-state index contributed by atoms with van der Waals surface area (Å²) in [5, 5.41) is 3.13. The van der Waals surface area contributed by atoms with Crippen LogP contribution in [0.25, 0.3) is 11.0 Å². The molecule has 0 aliphatic rings. The van der Waals surface area contributed by atoms with E-state index < -0.39 is 0 Å². The van der Waals surface area contributed by atoms with E-state index in [1.807, 2.05) is 47.8 Å². The van der Waals surface area contributed by atoms with Gasteiger partial charge >= 0.3 is 0 Å². The van der Waals surface area contributed by atoms with Crippen molar-refractivity contribution in [3.8, 4) is 0 Å². The van der Waals surface area contributed by atoms with E-state index in [-0.39, 0.29) is 6.04 Å². The van der Waals surface area contributed by atoms with E-state index in [0.29, 0.717) is 0 Å². The summed E-state index contributed by atoms with van der Waals surface area (Å²) in [7, 11) is 0. The predicted molar refractivity (Wildman–Crippen MR) is 66.6 cm³/mol. The monoisotopic (exact) mass is 229 g/mol. The van der Waals surface area contributed by atoms with Crippen LogP contribution in [0, 0.1) is 0 Å². The maximum Gasteiger partial charge on any atom is 0.134 e. The number of nitrogens with two attached hydrogens (primary N) is 1. The highest BCUT2D eigenvalue weighted by molar-refractivity contribution is 7.10. The highest BCUT2D eigenvalue weighted by atomic mass is 32.1. The van der Waals surface area contributed by atoms with Gasteiger partial charge in [0.2, 0.25) is 0 Å². The van der Waals surface area contributed by atoms with Gasteiger partial charge in [-0.15, -0.1) is 11.3 Å². The zero-order valence-corrected chi connectivity index (χ0v) is 9.41. The lowest BCUT2D eigenvalue weighted by atomic mass is 10.2. The van der Waals surface area contributed by atoms with Crippen LogP contribution < -0.4 is 5.73 Å². The molecule has 0 spiro atoms. The second-order valence-electron chi connectivity index (χ2n) is 3.68. The molecule has 0 saturated heterocycles. The van der Waals surface area contributed by atoms with E-state index in [1.165, 1.54) is 0 Å². The summed E-state index contributed by atoms with van der Waals surface area (Å²) in [6.45, 7) is 0. The maximum atomic E-state index is 6.14. The molecule has 0 saturated carbocycles. The van der Waals surface area contributed by atoms with Crippen molar-refractivity contribution >= 4 is 22.3 Å². The Hall–Kier alpha value is -1.58. The van der Waals surface area contributed by atoms with E-state index in [0.717, 1.165) is 21.6 Å². The van der Waals surface area contributed by atoms with Crippen LogP contribution in [0.15, 0.2) is 52.3 Å². The Labute approximate surface area is 97.3 Å². The molecule has 2 N–H and O–H groups in total. The average Bonchev–Trinajstić information content (AvgIpc) is 2.97. The first-order chi connectivity index (χ1) is 7.84. The third-order valence-corrected chi connectivity index (χ3v) is 3.56. The SMILES string of the molecule is NC(c1cc2ccccc2o1)c1cccs1. The molecule has 0 amide bonds. The number of fused-ring (bicyclic) bond motifs is 1. The topological polar surface area (TPSA) is 39.2 Å². The van der Waals surface area contributed by atoms with Crippen molar-refractivity contribution in [1.82, 2.24) is 0 Å². The number of thiophene rings is 1. The van der Waals surface area contributed by atoms with Crippen molar-refractivity contribution in [2.24, 2.45) is 5.73 Å². The van der Waals surface area contributed by atoms with Crippen LogP contribution in [-0.2, 0) is 0 Å². The second kappa shape index (κ2) is 3.77. The standard InChI is InChI=1S/C13H11NOS/c14-13(12-6-3-7-16-12)11-8-9-4-1-2-5-10(9)15-11/h1-8,13H,14H2. The number of hydrogen-bond acceptors (Lipinski definition) is 3. The average molecular weight is 229 g/mol. The van der Waals surface area contributed by atoms with Crippen molar-refractivity contribution in [3.63, 3.8) is 0 Å². The molecule has 2 nitrogen and oxygen atoms in total. The Morgan fingerprint density at radius 2 is 2.00 bits per heavy atom. The van der Waals surface area contributed by atoms with Crippen molar-refractivity contribution in [1.29, 1.82) is 0 Å². The molecule has 1 atom stereocenters. The third-order valence-electron chi connectivity index (χ3n) is 2.60. The molecule has 0 fully saturated rings. The largest absolute Gasteiger partial charge is 0.459 e. The quantitative estimate of drug-likeness (QED) is 0.730. The van der Waals surface area contributed by atoms with Gasteiger partial charge in [-0.05, 0) is 23.6 Å². The van der Waals surface area contributed by atoms with Gasteiger partial charge in [0.1, 0.15) is 11.3 Å². The normalized spacial score (nSPS) is 13.1. The minimum absolute atomic E-state index is 0.160. The van der Waals surface area contributed by atoms with Gasteiger partial charge in [-0.3, -0.25) is 0 Å². The molecule has 3 heteroatoms. The van der Waals surface area contributed by atoms with Gasteiger partial charge in [-0.2, -0.15) is 0 Å². The Kier molecular flexibility index (Phi) is 2.27. The molecular weight excluding hydrogens is 218 g/mol. The fourth-order valence-electron chi connectivity index (χ4n) is 1.76. The van der Waals surface area contributed by atoms with Crippen LogP contribution in [0.1, 0.15) is 16.7 Å². The summed E-state index contributed by atoms with van der Waals surface area (Å²) in [4.78, 5) is 1.12. The molecule has 3 aromatic rings. The van der Waals surface area contributed by atoms with Gasteiger partial charge in [-0.25, -0.2) is 0 Å². The summed E-state index contributed by atoms with van der Waals surface area (Å²) in [6.07, 6.45) is 0. The van der Waals surface area contributed by atoms with Crippen LogP contribution in [0.5, 0.6) is 0 Å². The molecule has 1 aromatic carbocycles. The van der Waals surface area contributed by atoms with Crippen molar-refractivity contribution in [3.05, 3.63) is 58.5 Å². The first-order valence-corrected chi connectivity index (χ1v) is 6.00. The molecule has 80 valence electrons. The smallest absolute Gasteiger partial charge is 0.134 e. The molecular formula is C13H11NOS. The summed E-state index contributed by atoms with van der Waals surface area (Å²) < 4.78 is 5.74. The van der Waals surface area contributed by atoms with Crippen molar-refractivity contribution in [2.45, 2.75) is 6.04 Å². The lowest BCUT2D eigenvalue weighted by Crippen LogP contribution is -2.08. The molecule has 0 aliphatic carbocycles. The zero-order chi connectivity index (χ0) is 11.0. The zero-order valence-electron chi connectivity index (χ0n) is 8.59. The Balaban J connectivity index is 2.06. The van der Waals surface area contributed by atoms with Crippen LogP contribution in [0.4, 0.5) is 0 Å². The van der Waals surface area contributed by atoms with Crippen LogP contribution in [-0.4, -0.2) is 0 Å². The molecule has 0 bridgehead atoms. The Bertz CT molecular complexity index is 564. The molecule has 2 aromatic heterocycles. The van der Waals surface area contributed by atoms with Crippen molar-refractivity contribution in [2.75, 3.05) is 0 Å². The molecule has 2 heterocycles. The second-order valence-corrected chi connectivity index (χ2v) is 4.66. The van der Waals surface area contributed by atoms with Gasteiger partial charge in [0.15, 0.2) is 0 Å². The van der Waals surface area contributed by atoms with Crippen molar-refractivity contribution < 1.29 is 4.42 Å². The minimum atomic E-state index is -0.160. The van der Waals surface area contributed by atoms with Gasteiger partial charge < -0.3 is 10.2 Å². The number of hydrogen-bond donors (Lipinski definition) is 1. The summed E-state index contributed by atoms with van der Waals surface area (Å²) in [5.74, 6) is 0.823.